The maximum absolute atomic E-state index is 12.5. The summed E-state index contributed by atoms with van der Waals surface area (Å²) < 4.78 is 33.3. The fourth-order valence-corrected chi connectivity index (χ4v) is 4.18. The van der Waals surface area contributed by atoms with Crippen LogP contribution >= 0.6 is 0 Å². The minimum absolute atomic E-state index is 0.129. The van der Waals surface area contributed by atoms with Crippen LogP contribution in [0.15, 0.2) is 77.7 Å². The van der Waals surface area contributed by atoms with Crippen LogP contribution in [0, 0.1) is 6.92 Å². The van der Waals surface area contributed by atoms with Gasteiger partial charge in [-0.05, 0) is 59.9 Å². The van der Waals surface area contributed by atoms with Crippen LogP contribution in [0.5, 0.6) is 5.75 Å². The molecule has 0 saturated carbocycles. The van der Waals surface area contributed by atoms with Crippen molar-refractivity contribution >= 4 is 21.6 Å². The van der Waals surface area contributed by atoms with Crippen molar-refractivity contribution in [2.45, 2.75) is 38.1 Å². The van der Waals surface area contributed by atoms with Gasteiger partial charge in [0.25, 0.3) is 5.91 Å². The Labute approximate surface area is 189 Å². The Balaban J connectivity index is 1.57. The Morgan fingerprint density at radius 2 is 1.66 bits per heavy atom. The lowest BCUT2D eigenvalue weighted by Gasteiger charge is -2.15. The third-order valence-corrected chi connectivity index (χ3v) is 6.32. The number of hydrogen-bond acceptors (Lipinski definition) is 4. The molecule has 7 heteroatoms. The lowest BCUT2D eigenvalue weighted by atomic mass is 10.0. The van der Waals surface area contributed by atoms with Crippen LogP contribution in [0.3, 0.4) is 0 Å². The maximum atomic E-state index is 12.5. The van der Waals surface area contributed by atoms with Crippen molar-refractivity contribution in [1.29, 1.82) is 0 Å². The van der Waals surface area contributed by atoms with Crippen molar-refractivity contribution in [3.63, 3.8) is 0 Å². The van der Waals surface area contributed by atoms with E-state index in [1.54, 1.807) is 12.1 Å². The number of rotatable bonds is 9. The van der Waals surface area contributed by atoms with Gasteiger partial charge in [-0.15, -0.1) is 0 Å². The van der Waals surface area contributed by atoms with Gasteiger partial charge in [-0.1, -0.05) is 56.3 Å². The minimum atomic E-state index is -3.65. The fourth-order valence-electron chi connectivity index (χ4n) is 3.16. The molecule has 0 bridgehead atoms. The van der Waals surface area contributed by atoms with Gasteiger partial charge in [-0.3, -0.25) is 4.79 Å². The summed E-state index contributed by atoms with van der Waals surface area (Å²) in [6, 6.07) is 21.3. The Kier molecular flexibility index (Phi) is 7.66. The van der Waals surface area contributed by atoms with Crippen LogP contribution in [0.1, 0.15) is 36.5 Å². The van der Waals surface area contributed by atoms with E-state index in [0.717, 1.165) is 16.7 Å². The Morgan fingerprint density at radius 3 is 2.31 bits per heavy atom. The average molecular weight is 453 g/mol. The summed E-state index contributed by atoms with van der Waals surface area (Å²) in [6.07, 6.45) is 0. The number of aryl methyl sites for hydroxylation is 1. The molecule has 3 rings (SSSR count). The van der Waals surface area contributed by atoms with Crippen molar-refractivity contribution in [3.05, 3.63) is 89.5 Å². The standard InChI is InChI=1S/C25H28N2O4S/c1-18(2)23-14-9-19(3)15-24(23)31-17-25(28)27-21-10-12-22(13-11-21)32(29,30)26-16-20-7-5-4-6-8-20/h4-15,18,26H,16-17H2,1-3H3,(H,27,28). The third-order valence-electron chi connectivity index (χ3n) is 4.91. The van der Waals surface area contributed by atoms with Crippen LogP contribution in [0.4, 0.5) is 5.69 Å². The number of carbonyl (C=O) groups excluding carboxylic acids is 1. The highest BCUT2D eigenvalue weighted by molar-refractivity contribution is 7.89. The molecule has 0 aliphatic rings. The first kappa shape index (κ1) is 23.5. The molecule has 2 N–H and O–H groups in total. The zero-order valence-corrected chi connectivity index (χ0v) is 19.3. The quantitative estimate of drug-likeness (QED) is 0.496. The van der Waals surface area contributed by atoms with Crippen molar-refractivity contribution < 1.29 is 17.9 Å². The summed E-state index contributed by atoms with van der Waals surface area (Å²) >= 11 is 0. The van der Waals surface area contributed by atoms with Gasteiger partial charge in [0.2, 0.25) is 10.0 Å². The van der Waals surface area contributed by atoms with Crippen molar-refractivity contribution in [2.75, 3.05) is 11.9 Å². The highest BCUT2D eigenvalue weighted by Crippen LogP contribution is 2.27. The van der Waals surface area contributed by atoms with E-state index in [0.29, 0.717) is 11.4 Å². The molecule has 3 aromatic carbocycles. The van der Waals surface area contributed by atoms with E-state index in [1.165, 1.54) is 12.1 Å². The second-order valence-corrected chi connectivity index (χ2v) is 9.63. The lowest BCUT2D eigenvalue weighted by molar-refractivity contribution is -0.118. The highest BCUT2D eigenvalue weighted by Gasteiger charge is 2.14. The number of carbonyl (C=O) groups is 1. The first-order chi connectivity index (χ1) is 15.2. The summed E-state index contributed by atoms with van der Waals surface area (Å²) in [5, 5.41) is 2.73. The predicted molar refractivity (Wildman–Crippen MR) is 126 cm³/mol. The number of sulfonamides is 1. The second-order valence-electron chi connectivity index (χ2n) is 7.87. The molecule has 0 saturated heterocycles. The molecule has 32 heavy (non-hydrogen) atoms. The molecule has 0 spiro atoms. The summed E-state index contributed by atoms with van der Waals surface area (Å²) in [5.74, 6) is 0.652. The summed E-state index contributed by atoms with van der Waals surface area (Å²) in [6.45, 7) is 6.18. The monoisotopic (exact) mass is 452 g/mol. The summed E-state index contributed by atoms with van der Waals surface area (Å²) in [7, 11) is -3.65. The molecule has 0 heterocycles. The molecule has 6 nitrogen and oxygen atoms in total. The number of anilines is 1. The Bertz CT molecular complexity index is 1160. The molecular weight excluding hydrogens is 424 g/mol. The van der Waals surface area contributed by atoms with Crippen molar-refractivity contribution in [1.82, 2.24) is 4.72 Å². The summed E-state index contributed by atoms with van der Waals surface area (Å²) in [5.41, 5.74) is 3.46. The zero-order valence-electron chi connectivity index (χ0n) is 18.5. The fraction of sp³-hybridized carbons (Fsp3) is 0.240. The van der Waals surface area contributed by atoms with Crippen LogP contribution in [-0.4, -0.2) is 20.9 Å². The second kappa shape index (κ2) is 10.4. The smallest absolute Gasteiger partial charge is 0.262 e. The van der Waals surface area contributed by atoms with E-state index in [2.05, 4.69) is 23.9 Å². The van der Waals surface area contributed by atoms with Crippen LogP contribution in [0.2, 0.25) is 0 Å². The van der Waals surface area contributed by atoms with Gasteiger partial charge < -0.3 is 10.1 Å². The van der Waals surface area contributed by atoms with Crippen LogP contribution in [-0.2, 0) is 21.4 Å². The molecule has 1 amide bonds. The molecule has 0 fully saturated rings. The average Bonchev–Trinajstić information content (AvgIpc) is 2.77. The van der Waals surface area contributed by atoms with Crippen LogP contribution < -0.4 is 14.8 Å². The third kappa shape index (κ3) is 6.42. The number of nitrogens with one attached hydrogen (secondary N) is 2. The molecule has 0 unspecified atom stereocenters. The number of ether oxygens (including phenoxy) is 1. The molecule has 0 aliphatic carbocycles. The Hall–Kier alpha value is -3.16. The topological polar surface area (TPSA) is 84.5 Å². The van der Waals surface area contributed by atoms with Gasteiger partial charge in [0.15, 0.2) is 6.61 Å². The number of benzene rings is 3. The first-order valence-electron chi connectivity index (χ1n) is 10.4. The van der Waals surface area contributed by atoms with Gasteiger partial charge in [-0.25, -0.2) is 13.1 Å². The SMILES string of the molecule is Cc1ccc(C(C)C)c(OCC(=O)Nc2ccc(S(=O)(=O)NCc3ccccc3)cc2)c1. The van der Waals surface area contributed by atoms with E-state index in [-0.39, 0.29) is 29.9 Å². The van der Waals surface area contributed by atoms with Gasteiger partial charge in [0, 0.05) is 12.2 Å². The maximum Gasteiger partial charge on any atom is 0.262 e. The molecule has 168 valence electrons. The molecule has 0 radical (unpaired) electrons. The van der Waals surface area contributed by atoms with Gasteiger partial charge in [0.05, 0.1) is 4.90 Å². The lowest BCUT2D eigenvalue weighted by Crippen LogP contribution is -2.23. The van der Waals surface area contributed by atoms with Gasteiger partial charge >= 0.3 is 0 Å². The predicted octanol–water partition coefficient (Wildman–Crippen LogP) is 4.61. The van der Waals surface area contributed by atoms with Crippen LogP contribution in [0.25, 0.3) is 0 Å². The minimum Gasteiger partial charge on any atom is -0.483 e. The Morgan fingerprint density at radius 1 is 0.969 bits per heavy atom. The number of amides is 1. The molecule has 0 atom stereocenters. The highest BCUT2D eigenvalue weighted by atomic mass is 32.2. The first-order valence-corrected chi connectivity index (χ1v) is 11.9. The molecule has 3 aromatic rings. The van der Waals surface area contributed by atoms with Crippen molar-refractivity contribution in [2.24, 2.45) is 0 Å². The normalized spacial score (nSPS) is 11.4. The number of hydrogen-bond donors (Lipinski definition) is 2. The largest absolute Gasteiger partial charge is 0.483 e. The summed E-state index contributed by atoms with van der Waals surface area (Å²) in [4.78, 5) is 12.5. The zero-order chi connectivity index (χ0) is 23.1. The van der Waals surface area contributed by atoms with Gasteiger partial charge in [-0.2, -0.15) is 0 Å². The van der Waals surface area contributed by atoms with E-state index in [4.69, 9.17) is 4.74 Å². The van der Waals surface area contributed by atoms with E-state index in [1.807, 2.05) is 55.5 Å². The molecular formula is C25H28N2O4S. The molecule has 0 aromatic heterocycles. The van der Waals surface area contributed by atoms with Gasteiger partial charge in [0.1, 0.15) is 5.75 Å². The van der Waals surface area contributed by atoms with E-state index in [9.17, 15) is 13.2 Å². The molecule has 0 aliphatic heterocycles. The van der Waals surface area contributed by atoms with E-state index >= 15 is 0 Å². The van der Waals surface area contributed by atoms with E-state index < -0.39 is 10.0 Å². The van der Waals surface area contributed by atoms with Crippen molar-refractivity contribution in [3.8, 4) is 5.75 Å².